The standard InChI is InChI=1S/C19H20BrN5O5S/c1-4-7-30-18(27)14-11(2)15(19(28)29-3)31-17(14)22-16(26)13-5-6-24(23-13)10-25-9-12(20)8-21-25/h5-6,8-9H,4,7,10H2,1-3H3,(H,22,26). The van der Waals surface area contributed by atoms with Crippen LogP contribution in [0.25, 0.3) is 0 Å². The lowest BCUT2D eigenvalue weighted by Gasteiger charge is -2.07. The molecule has 0 aliphatic carbocycles. The number of rotatable bonds is 8. The predicted molar refractivity (Wildman–Crippen MR) is 116 cm³/mol. The maximum Gasteiger partial charge on any atom is 0.348 e. The molecule has 0 saturated heterocycles. The van der Waals surface area contributed by atoms with Gasteiger partial charge >= 0.3 is 11.9 Å². The number of hydrogen-bond acceptors (Lipinski definition) is 8. The molecule has 0 aromatic carbocycles. The molecule has 1 amide bonds. The smallest absolute Gasteiger partial charge is 0.348 e. The van der Waals surface area contributed by atoms with E-state index in [1.54, 1.807) is 40.9 Å². The lowest BCUT2D eigenvalue weighted by Crippen LogP contribution is -2.16. The van der Waals surface area contributed by atoms with Crippen molar-refractivity contribution in [1.82, 2.24) is 19.6 Å². The summed E-state index contributed by atoms with van der Waals surface area (Å²) in [6, 6.07) is 1.55. The van der Waals surface area contributed by atoms with Crippen LogP contribution in [0.5, 0.6) is 0 Å². The van der Waals surface area contributed by atoms with E-state index in [2.05, 4.69) is 31.4 Å². The molecule has 10 nitrogen and oxygen atoms in total. The Morgan fingerprint density at radius 2 is 2.03 bits per heavy atom. The Hall–Kier alpha value is -2.99. The third kappa shape index (κ3) is 5.20. The predicted octanol–water partition coefficient (Wildman–Crippen LogP) is 3.32. The minimum atomic E-state index is -0.615. The number of nitrogens with one attached hydrogen (secondary N) is 1. The van der Waals surface area contributed by atoms with Gasteiger partial charge in [0.2, 0.25) is 0 Å². The zero-order valence-corrected chi connectivity index (χ0v) is 19.4. The van der Waals surface area contributed by atoms with Crippen molar-refractivity contribution in [3.63, 3.8) is 0 Å². The molecule has 0 saturated carbocycles. The highest BCUT2D eigenvalue weighted by molar-refractivity contribution is 9.10. The summed E-state index contributed by atoms with van der Waals surface area (Å²) >= 11 is 4.28. The minimum Gasteiger partial charge on any atom is -0.465 e. The maximum atomic E-state index is 12.8. The van der Waals surface area contributed by atoms with Crippen molar-refractivity contribution in [3.8, 4) is 0 Å². The van der Waals surface area contributed by atoms with E-state index in [0.29, 0.717) is 18.7 Å². The number of anilines is 1. The van der Waals surface area contributed by atoms with Crippen LogP contribution in [0.3, 0.4) is 0 Å². The van der Waals surface area contributed by atoms with E-state index in [9.17, 15) is 14.4 Å². The molecule has 0 unspecified atom stereocenters. The lowest BCUT2D eigenvalue weighted by atomic mass is 10.1. The topological polar surface area (TPSA) is 117 Å². The average Bonchev–Trinajstić information content (AvgIpc) is 3.45. The van der Waals surface area contributed by atoms with Crippen LogP contribution in [0, 0.1) is 6.92 Å². The van der Waals surface area contributed by atoms with Gasteiger partial charge in [-0.1, -0.05) is 6.92 Å². The van der Waals surface area contributed by atoms with Gasteiger partial charge in [-0.15, -0.1) is 11.3 Å². The van der Waals surface area contributed by atoms with E-state index >= 15 is 0 Å². The summed E-state index contributed by atoms with van der Waals surface area (Å²) in [5.74, 6) is -1.74. The van der Waals surface area contributed by atoms with E-state index in [1.807, 2.05) is 6.92 Å². The third-order valence-electron chi connectivity index (χ3n) is 4.15. The number of esters is 2. The molecule has 1 N–H and O–H groups in total. The number of nitrogens with zero attached hydrogens (tertiary/aromatic N) is 4. The number of ether oxygens (including phenoxy) is 2. The molecule has 3 aromatic rings. The van der Waals surface area contributed by atoms with Crippen molar-refractivity contribution in [3.05, 3.63) is 50.8 Å². The van der Waals surface area contributed by atoms with Gasteiger partial charge in [0, 0.05) is 12.4 Å². The van der Waals surface area contributed by atoms with Gasteiger partial charge in [-0.3, -0.25) is 9.48 Å². The highest BCUT2D eigenvalue weighted by Crippen LogP contribution is 2.34. The van der Waals surface area contributed by atoms with Crippen LogP contribution < -0.4 is 5.32 Å². The first-order chi connectivity index (χ1) is 14.8. The van der Waals surface area contributed by atoms with Crippen LogP contribution in [-0.4, -0.2) is 51.1 Å². The van der Waals surface area contributed by atoms with Crippen LogP contribution in [0.4, 0.5) is 5.00 Å². The van der Waals surface area contributed by atoms with Gasteiger partial charge in [0.25, 0.3) is 5.91 Å². The first kappa shape index (κ1) is 22.7. The molecular weight excluding hydrogens is 490 g/mol. The van der Waals surface area contributed by atoms with Gasteiger partial charge in [-0.25, -0.2) is 14.3 Å². The summed E-state index contributed by atoms with van der Waals surface area (Å²) in [6.07, 6.45) is 5.71. The fourth-order valence-corrected chi connectivity index (χ4v) is 4.13. The summed E-state index contributed by atoms with van der Waals surface area (Å²) in [7, 11) is 1.25. The molecule has 3 heterocycles. The normalized spacial score (nSPS) is 10.7. The number of carbonyl (C=O) groups excluding carboxylic acids is 3. The van der Waals surface area contributed by atoms with Crippen LogP contribution >= 0.6 is 27.3 Å². The van der Waals surface area contributed by atoms with Crippen molar-refractivity contribution < 1.29 is 23.9 Å². The average molecular weight is 510 g/mol. The van der Waals surface area contributed by atoms with E-state index in [0.717, 1.165) is 15.8 Å². The Bertz CT molecular complexity index is 1120. The Morgan fingerprint density at radius 1 is 1.26 bits per heavy atom. The van der Waals surface area contributed by atoms with Gasteiger partial charge in [0.15, 0.2) is 5.69 Å². The van der Waals surface area contributed by atoms with Crippen LogP contribution in [0.15, 0.2) is 29.1 Å². The van der Waals surface area contributed by atoms with Crippen LogP contribution in [0.2, 0.25) is 0 Å². The first-order valence-electron chi connectivity index (χ1n) is 9.25. The molecule has 3 rings (SSSR count). The Kier molecular flexibility index (Phi) is 7.23. The Labute approximate surface area is 190 Å². The van der Waals surface area contributed by atoms with E-state index in [-0.39, 0.29) is 27.7 Å². The number of aromatic nitrogens is 4. The van der Waals surface area contributed by atoms with Gasteiger partial charge < -0.3 is 14.8 Å². The highest BCUT2D eigenvalue weighted by atomic mass is 79.9. The van der Waals surface area contributed by atoms with Crippen molar-refractivity contribution in [2.24, 2.45) is 0 Å². The molecular formula is C19H20BrN5O5S. The molecule has 0 radical (unpaired) electrons. The van der Waals surface area contributed by atoms with Gasteiger partial charge in [-0.2, -0.15) is 10.2 Å². The number of carbonyl (C=O) groups is 3. The molecule has 0 atom stereocenters. The SMILES string of the molecule is CCCOC(=O)c1c(NC(=O)c2ccn(Cn3cc(Br)cn3)n2)sc(C(=O)OC)c1C. The molecule has 31 heavy (non-hydrogen) atoms. The second-order valence-corrected chi connectivity index (χ2v) is 8.36. The fraction of sp³-hybridized carbons (Fsp3) is 0.316. The van der Waals surface area contributed by atoms with Crippen LogP contribution in [0.1, 0.15) is 49.4 Å². The van der Waals surface area contributed by atoms with Gasteiger partial charge in [-0.05, 0) is 40.9 Å². The molecule has 12 heteroatoms. The quantitative estimate of drug-likeness (QED) is 0.462. The van der Waals surface area contributed by atoms with E-state index in [1.165, 1.54) is 7.11 Å². The lowest BCUT2D eigenvalue weighted by molar-refractivity contribution is 0.0506. The summed E-state index contributed by atoms with van der Waals surface area (Å²) in [6.45, 7) is 4.02. The zero-order valence-electron chi connectivity index (χ0n) is 17.0. The van der Waals surface area contributed by atoms with Crippen molar-refractivity contribution in [1.29, 1.82) is 0 Å². The van der Waals surface area contributed by atoms with Crippen molar-refractivity contribution >= 4 is 50.1 Å². The second-order valence-electron chi connectivity index (χ2n) is 6.42. The molecule has 0 aliphatic heterocycles. The molecule has 3 aromatic heterocycles. The largest absolute Gasteiger partial charge is 0.465 e. The summed E-state index contributed by atoms with van der Waals surface area (Å²) in [5.41, 5.74) is 0.667. The molecule has 0 spiro atoms. The Morgan fingerprint density at radius 3 is 2.68 bits per heavy atom. The second kappa shape index (κ2) is 9.88. The number of methoxy groups -OCH3 is 1. The van der Waals surface area contributed by atoms with E-state index in [4.69, 9.17) is 9.47 Å². The van der Waals surface area contributed by atoms with Crippen molar-refractivity contribution in [2.75, 3.05) is 19.0 Å². The maximum absolute atomic E-state index is 12.8. The molecule has 0 bridgehead atoms. The number of hydrogen-bond donors (Lipinski definition) is 1. The summed E-state index contributed by atoms with van der Waals surface area (Å²) < 4.78 is 14.0. The number of thiophene rings is 1. The number of halogens is 1. The summed E-state index contributed by atoms with van der Waals surface area (Å²) in [5, 5.41) is 11.3. The minimum absolute atomic E-state index is 0.132. The van der Waals surface area contributed by atoms with Crippen LogP contribution in [-0.2, 0) is 16.1 Å². The highest BCUT2D eigenvalue weighted by Gasteiger charge is 2.27. The van der Waals surface area contributed by atoms with Gasteiger partial charge in [0.1, 0.15) is 16.5 Å². The fourth-order valence-electron chi connectivity index (χ4n) is 2.69. The monoisotopic (exact) mass is 509 g/mol. The molecule has 0 aliphatic rings. The molecule has 164 valence electrons. The number of amides is 1. The first-order valence-corrected chi connectivity index (χ1v) is 10.9. The summed E-state index contributed by atoms with van der Waals surface area (Å²) in [4.78, 5) is 37.6. The third-order valence-corrected chi connectivity index (χ3v) is 5.75. The molecule has 0 fully saturated rings. The van der Waals surface area contributed by atoms with Crippen molar-refractivity contribution in [2.45, 2.75) is 26.9 Å². The van der Waals surface area contributed by atoms with E-state index < -0.39 is 17.8 Å². The van der Waals surface area contributed by atoms with Gasteiger partial charge in [0.05, 0.1) is 29.9 Å². The Balaban J connectivity index is 1.83. The zero-order chi connectivity index (χ0) is 22.5.